The Hall–Kier alpha value is -5.22. The molecule has 0 aliphatic carbocycles. The molecule has 0 bridgehead atoms. The molecule has 2 aliphatic heterocycles. The molecule has 2 aliphatic rings. The summed E-state index contributed by atoms with van der Waals surface area (Å²) in [5.41, 5.74) is 1.30. The van der Waals surface area contributed by atoms with Crippen molar-refractivity contribution in [2.75, 3.05) is 32.1 Å². The Kier molecular flexibility index (Phi) is 9.90. The normalized spacial score (nSPS) is 17.8. The van der Waals surface area contributed by atoms with E-state index in [1.807, 2.05) is 72.8 Å². The number of carbonyl (C=O) groups excluding carboxylic acids is 4. The molecule has 4 aromatic rings. The number of fused-ring (bicyclic) bond motifs is 2. The summed E-state index contributed by atoms with van der Waals surface area (Å²) in [6.45, 7) is 5.79. The Morgan fingerprint density at radius 3 is 2.35 bits per heavy atom. The maximum atomic E-state index is 14.6. The van der Waals surface area contributed by atoms with Crippen LogP contribution in [-0.4, -0.2) is 78.3 Å². The molecule has 0 radical (unpaired) electrons. The second kappa shape index (κ2) is 14.2. The predicted molar refractivity (Wildman–Crippen MR) is 199 cm³/mol. The molecule has 0 aromatic heterocycles. The Morgan fingerprint density at radius 2 is 1.65 bits per heavy atom. The molecule has 2 heterocycles. The number of hydrogen-bond donors (Lipinski definition) is 1. The quantitative estimate of drug-likeness (QED) is 0.225. The van der Waals surface area contributed by atoms with Crippen LogP contribution < -0.4 is 10.2 Å². The zero-order valence-electron chi connectivity index (χ0n) is 29.5. The van der Waals surface area contributed by atoms with E-state index in [1.54, 1.807) is 58.0 Å². The van der Waals surface area contributed by atoms with Gasteiger partial charge in [-0.25, -0.2) is 9.80 Å². The standard InChI is InChI=1S/C40H42ClN5O5/c1-39(2,3)51-38(50)44(4)34-30-14-10-9-13-28(30)17-20-31(34)35(47)42-32(23-26-15-18-29(41)19-16-26)36(48)46-22-21-33-40(25-46,37(49)45(5)43-33)24-27-11-7-6-8-12-27/h6-20,32H,21-25H2,1-5H3,(H,42,47)/t32-,40?/m1/s1. The van der Waals surface area contributed by atoms with Gasteiger partial charge in [-0.15, -0.1) is 0 Å². The number of hydrazone groups is 1. The average Bonchev–Trinajstić information content (AvgIpc) is 3.35. The summed E-state index contributed by atoms with van der Waals surface area (Å²) >= 11 is 6.18. The molecule has 4 aromatic carbocycles. The summed E-state index contributed by atoms with van der Waals surface area (Å²) in [4.78, 5) is 59.2. The highest BCUT2D eigenvalue weighted by Gasteiger charge is 2.54. The highest BCUT2D eigenvalue weighted by molar-refractivity contribution is 6.30. The minimum Gasteiger partial charge on any atom is -0.443 e. The van der Waals surface area contributed by atoms with Gasteiger partial charge in [-0.2, -0.15) is 5.10 Å². The van der Waals surface area contributed by atoms with Gasteiger partial charge in [0.2, 0.25) is 5.91 Å². The number of likely N-dealkylation sites (tertiary alicyclic amines) is 1. The van der Waals surface area contributed by atoms with Gasteiger partial charge < -0.3 is 15.0 Å². The number of halogens is 1. The van der Waals surface area contributed by atoms with Crippen LogP contribution in [0.25, 0.3) is 10.8 Å². The van der Waals surface area contributed by atoms with Gasteiger partial charge in [0, 0.05) is 50.4 Å². The first-order chi connectivity index (χ1) is 24.3. The minimum atomic E-state index is -1.01. The lowest BCUT2D eigenvalue weighted by atomic mass is 9.73. The smallest absolute Gasteiger partial charge is 0.414 e. The number of hydrogen-bond acceptors (Lipinski definition) is 6. The molecule has 10 nitrogen and oxygen atoms in total. The van der Waals surface area contributed by atoms with E-state index in [2.05, 4.69) is 10.4 Å². The molecule has 2 atom stereocenters. The topological polar surface area (TPSA) is 112 Å². The third kappa shape index (κ3) is 7.46. The average molecular weight is 708 g/mol. The van der Waals surface area contributed by atoms with Crippen molar-refractivity contribution in [3.8, 4) is 0 Å². The molecule has 1 N–H and O–H groups in total. The SMILES string of the molecule is CN1N=C2CCN(C(=O)[C@@H](Cc3ccc(Cl)cc3)NC(=O)c3ccc4ccccc4c3N(C)C(=O)OC(C)(C)C)CC2(Cc2ccccc2)C1=O. The fourth-order valence-electron chi connectivity index (χ4n) is 6.95. The lowest BCUT2D eigenvalue weighted by Crippen LogP contribution is -2.59. The highest BCUT2D eigenvalue weighted by Crippen LogP contribution is 2.38. The van der Waals surface area contributed by atoms with Crippen molar-refractivity contribution < 1.29 is 23.9 Å². The number of carbonyl (C=O) groups is 4. The van der Waals surface area contributed by atoms with Gasteiger partial charge in [0.1, 0.15) is 17.1 Å². The number of nitrogens with one attached hydrogen (secondary N) is 1. The Bertz CT molecular complexity index is 2010. The van der Waals surface area contributed by atoms with Gasteiger partial charge in [0.05, 0.1) is 17.0 Å². The third-order valence-corrected chi connectivity index (χ3v) is 9.62. The van der Waals surface area contributed by atoms with Crippen molar-refractivity contribution in [3.63, 3.8) is 0 Å². The molecule has 6 rings (SSSR count). The van der Waals surface area contributed by atoms with Crippen LogP contribution in [0.5, 0.6) is 0 Å². The molecule has 1 fully saturated rings. The molecule has 51 heavy (non-hydrogen) atoms. The molecule has 0 saturated carbocycles. The molecule has 264 valence electrons. The van der Waals surface area contributed by atoms with Crippen molar-refractivity contribution in [1.29, 1.82) is 0 Å². The third-order valence-electron chi connectivity index (χ3n) is 9.37. The van der Waals surface area contributed by atoms with E-state index < -0.39 is 29.1 Å². The molecule has 0 spiro atoms. The van der Waals surface area contributed by atoms with Crippen molar-refractivity contribution in [2.24, 2.45) is 10.5 Å². The van der Waals surface area contributed by atoms with E-state index >= 15 is 0 Å². The van der Waals surface area contributed by atoms with Crippen LogP contribution >= 0.6 is 11.6 Å². The first-order valence-electron chi connectivity index (χ1n) is 17.0. The Morgan fingerprint density at radius 1 is 0.961 bits per heavy atom. The van der Waals surface area contributed by atoms with E-state index in [-0.39, 0.29) is 30.3 Å². The molecule has 1 unspecified atom stereocenters. The maximum Gasteiger partial charge on any atom is 0.414 e. The summed E-state index contributed by atoms with van der Waals surface area (Å²) in [6.07, 6.45) is 0.364. The largest absolute Gasteiger partial charge is 0.443 e. The summed E-state index contributed by atoms with van der Waals surface area (Å²) in [5.74, 6) is -1.02. The van der Waals surface area contributed by atoms with Gasteiger partial charge in [0.25, 0.3) is 11.8 Å². The van der Waals surface area contributed by atoms with Crippen molar-refractivity contribution in [3.05, 3.63) is 113 Å². The monoisotopic (exact) mass is 707 g/mol. The lowest BCUT2D eigenvalue weighted by Gasteiger charge is -2.40. The zero-order chi connectivity index (χ0) is 36.5. The Labute approximate surface area is 303 Å². The van der Waals surface area contributed by atoms with E-state index in [0.717, 1.165) is 22.2 Å². The number of nitrogens with zero attached hydrogens (tertiary/aromatic N) is 4. The second-order valence-electron chi connectivity index (χ2n) is 14.2. The number of piperidine rings is 1. The fraction of sp³-hybridized carbons (Fsp3) is 0.325. The number of benzene rings is 4. The van der Waals surface area contributed by atoms with Gasteiger partial charge in [0.15, 0.2) is 0 Å². The number of ether oxygens (including phenoxy) is 1. The number of rotatable bonds is 8. The molecule has 4 amide bonds. The van der Waals surface area contributed by atoms with E-state index in [0.29, 0.717) is 35.5 Å². The summed E-state index contributed by atoms with van der Waals surface area (Å²) < 4.78 is 5.67. The van der Waals surface area contributed by atoms with Gasteiger partial charge in [-0.3, -0.25) is 19.3 Å². The van der Waals surface area contributed by atoms with Crippen LogP contribution in [0.3, 0.4) is 0 Å². The zero-order valence-corrected chi connectivity index (χ0v) is 30.2. The van der Waals surface area contributed by atoms with Gasteiger partial charge in [-0.05, 0) is 61.9 Å². The van der Waals surface area contributed by atoms with E-state index in [4.69, 9.17) is 16.3 Å². The first kappa shape index (κ1) is 35.6. The summed E-state index contributed by atoms with van der Waals surface area (Å²) in [6, 6.07) is 26.8. The number of anilines is 1. The Balaban J connectivity index is 1.35. The van der Waals surface area contributed by atoms with Crippen molar-refractivity contribution >= 4 is 57.6 Å². The maximum absolute atomic E-state index is 14.6. The number of amides is 4. The molecule has 1 saturated heterocycles. The second-order valence-corrected chi connectivity index (χ2v) is 14.6. The summed E-state index contributed by atoms with van der Waals surface area (Å²) in [5, 5.41) is 11.0. The van der Waals surface area contributed by atoms with Crippen LogP contribution in [0, 0.1) is 5.41 Å². The predicted octanol–water partition coefficient (Wildman–Crippen LogP) is 6.50. The van der Waals surface area contributed by atoms with Crippen LogP contribution in [-0.2, 0) is 27.2 Å². The van der Waals surface area contributed by atoms with Crippen LogP contribution in [0.2, 0.25) is 5.02 Å². The molecular formula is C40H42ClN5O5. The lowest BCUT2D eigenvalue weighted by molar-refractivity contribution is -0.140. The molecular weight excluding hydrogens is 666 g/mol. The van der Waals surface area contributed by atoms with E-state index in [9.17, 15) is 19.2 Å². The van der Waals surface area contributed by atoms with Crippen LogP contribution in [0.15, 0.2) is 96.1 Å². The first-order valence-corrected chi connectivity index (χ1v) is 17.4. The summed E-state index contributed by atoms with van der Waals surface area (Å²) in [7, 11) is 3.21. The highest BCUT2D eigenvalue weighted by atomic mass is 35.5. The van der Waals surface area contributed by atoms with Gasteiger partial charge in [-0.1, -0.05) is 84.4 Å². The van der Waals surface area contributed by atoms with Crippen molar-refractivity contribution in [2.45, 2.75) is 51.7 Å². The van der Waals surface area contributed by atoms with Crippen LogP contribution in [0.4, 0.5) is 10.5 Å². The minimum absolute atomic E-state index is 0.123. The van der Waals surface area contributed by atoms with Crippen molar-refractivity contribution in [1.82, 2.24) is 15.2 Å². The molecule has 11 heteroatoms. The van der Waals surface area contributed by atoms with Gasteiger partial charge >= 0.3 is 6.09 Å². The fourth-order valence-corrected chi connectivity index (χ4v) is 7.08. The van der Waals surface area contributed by atoms with Crippen LogP contribution in [0.1, 0.15) is 48.7 Å². The van der Waals surface area contributed by atoms with E-state index in [1.165, 1.54) is 9.91 Å².